The first-order chi connectivity index (χ1) is 14.8. The molecule has 0 aliphatic heterocycles. The smallest absolute Gasteiger partial charge is 0.387 e. The molecule has 1 N–H and O–H groups in total. The number of carbonyl (C=O) groups is 1. The van der Waals surface area contributed by atoms with Gasteiger partial charge in [-0.05, 0) is 55.8 Å². The Hall–Kier alpha value is -3.68. The summed E-state index contributed by atoms with van der Waals surface area (Å²) < 4.78 is 35.9. The third kappa shape index (κ3) is 5.91. The van der Waals surface area contributed by atoms with E-state index in [0.29, 0.717) is 17.9 Å². The number of anilines is 2. The van der Waals surface area contributed by atoms with Crippen molar-refractivity contribution in [2.24, 2.45) is 0 Å². The lowest BCUT2D eigenvalue weighted by molar-refractivity contribution is -0.0518. The predicted molar refractivity (Wildman–Crippen MR) is 112 cm³/mol. The van der Waals surface area contributed by atoms with Crippen molar-refractivity contribution in [2.75, 3.05) is 4.90 Å². The van der Waals surface area contributed by atoms with E-state index in [1.807, 2.05) is 11.0 Å². The van der Waals surface area contributed by atoms with Crippen LogP contribution >= 0.6 is 0 Å². The van der Waals surface area contributed by atoms with E-state index in [-0.39, 0.29) is 23.2 Å². The molecule has 0 aliphatic carbocycles. The molecule has 3 rings (SSSR count). The lowest BCUT2D eigenvalue weighted by Crippen LogP contribution is -2.18. The Balaban J connectivity index is 2.08. The van der Waals surface area contributed by atoms with E-state index < -0.39 is 12.6 Å². The van der Waals surface area contributed by atoms with Gasteiger partial charge in [0.2, 0.25) is 0 Å². The Morgan fingerprint density at radius 2 is 1.81 bits per heavy atom. The quantitative estimate of drug-likeness (QED) is 0.485. The second-order valence-electron chi connectivity index (χ2n) is 6.98. The minimum atomic E-state index is -2.99. The monoisotopic (exact) mass is 428 g/mol. The van der Waals surface area contributed by atoms with Crippen molar-refractivity contribution in [2.45, 2.75) is 33.1 Å². The summed E-state index contributed by atoms with van der Waals surface area (Å²) in [7, 11) is 0. The van der Waals surface area contributed by atoms with Gasteiger partial charge in [-0.2, -0.15) is 8.78 Å². The molecule has 0 aliphatic rings. The number of rotatable bonds is 9. The normalized spacial score (nSPS) is 10.9. The number of carboxylic acid groups (broad SMARTS) is 1. The molecule has 0 radical (unpaired) electrons. The Morgan fingerprint density at radius 1 is 1.03 bits per heavy atom. The van der Waals surface area contributed by atoms with Crippen molar-refractivity contribution >= 4 is 17.3 Å². The molecule has 0 saturated carbocycles. The van der Waals surface area contributed by atoms with E-state index in [2.05, 4.69) is 9.72 Å². The van der Waals surface area contributed by atoms with Gasteiger partial charge >= 0.3 is 12.6 Å². The van der Waals surface area contributed by atoms with Crippen molar-refractivity contribution in [1.29, 1.82) is 0 Å². The van der Waals surface area contributed by atoms with E-state index in [1.165, 1.54) is 12.1 Å². The van der Waals surface area contributed by atoms with Gasteiger partial charge in [-0.25, -0.2) is 4.79 Å². The number of hydrogen-bond donors (Lipinski definition) is 1. The molecule has 0 unspecified atom stereocenters. The van der Waals surface area contributed by atoms with Gasteiger partial charge in [0.15, 0.2) is 11.5 Å². The predicted octanol–water partition coefficient (Wildman–Crippen LogP) is 5.51. The third-order valence-electron chi connectivity index (χ3n) is 4.29. The Kier molecular flexibility index (Phi) is 7.02. The van der Waals surface area contributed by atoms with E-state index >= 15 is 0 Å². The van der Waals surface area contributed by atoms with Crippen molar-refractivity contribution in [3.05, 3.63) is 78.1 Å². The lowest BCUT2D eigenvalue weighted by Gasteiger charge is -2.27. The fourth-order valence-electron chi connectivity index (χ4n) is 3.02. The maximum absolute atomic E-state index is 12.8. The molecule has 0 fully saturated rings. The minimum absolute atomic E-state index is 0.0759. The number of halogens is 2. The summed E-state index contributed by atoms with van der Waals surface area (Å²) in [5.74, 6) is -0.959. The summed E-state index contributed by atoms with van der Waals surface area (Å²) in [6, 6.07) is 14.8. The molecular weight excluding hydrogens is 406 g/mol. The molecule has 6 nitrogen and oxygen atoms in total. The van der Waals surface area contributed by atoms with Gasteiger partial charge in [0, 0.05) is 36.4 Å². The van der Waals surface area contributed by atoms with Crippen LogP contribution < -0.4 is 14.4 Å². The molecule has 1 aromatic heterocycles. The summed E-state index contributed by atoms with van der Waals surface area (Å²) in [5, 5.41) is 9.38. The molecule has 3 aromatic rings. The standard InChI is InChI=1S/C23H22F2N2O4/c1-15(2)30-21-12-19(8-9-20(21)31-23(24)25)27(14-16-5-4-10-26-13-16)18-7-3-6-17(11-18)22(28)29/h3-13,15,23H,14H2,1-2H3,(H,28,29). The average Bonchev–Trinajstić information content (AvgIpc) is 2.73. The second-order valence-corrected chi connectivity index (χ2v) is 6.98. The van der Waals surface area contributed by atoms with Gasteiger partial charge < -0.3 is 19.5 Å². The molecule has 0 atom stereocenters. The minimum Gasteiger partial charge on any atom is -0.487 e. The van der Waals surface area contributed by atoms with Gasteiger partial charge in [-0.1, -0.05) is 12.1 Å². The molecule has 0 spiro atoms. The van der Waals surface area contributed by atoms with Crippen LogP contribution in [-0.2, 0) is 6.54 Å². The number of aromatic carboxylic acids is 1. The van der Waals surface area contributed by atoms with Crippen molar-refractivity contribution < 1.29 is 28.2 Å². The van der Waals surface area contributed by atoms with Crippen LogP contribution in [0.25, 0.3) is 0 Å². The fourth-order valence-corrected chi connectivity index (χ4v) is 3.02. The van der Waals surface area contributed by atoms with Crippen LogP contribution in [0.1, 0.15) is 29.8 Å². The van der Waals surface area contributed by atoms with Gasteiger partial charge in [-0.3, -0.25) is 4.98 Å². The number of alkyl halides is 2. The first kappa shape index (κ1) is 22.0. The van der Waals surface area contributed by atoms with Crippen LogP contribution in [0.15, 0.2) is 67.0 Å². The van der Waals surface area contributed by atoms with Crippen LogP contribution in [0.4, 0.5) is 20.2 Å². The Bertz CT molecular complexity index is 1030. The number of nitrogens with zero attached hydrogens (tertiary/aromatic N) is 2. The largest absolute Gasteiger partial charge is 0.487 e. The van der Waals surface area contributed by atoms with Crippen molar-refractivity contribution in [3.63, 3.8) is 0 Å². The molecule has 0 saturated heterocycles. The first-order valence-corrected chi connectivity index (χ1v) is 9.59. The summed E-state index contributed by atoms with van der Waals surface area (Å²) in [6.45, 7) is 0.942. The number of aromatic nitrogens is 1. The highest BCUT2D eigenvalue weighted by Gasteiger charge is 2.18. The van der Waals surface area contributed by atoms with E-state index in [4.69, 9.17) is 4.74 Å². The molecular formula is C23H22F2N2O4. The number of benzene rings is 2. The Labute approximate surface area is 178 Å². The number of ether oxygens (including phenoxy) is 2. The molecule has 8 heteroatoms. The zero-order valence-corrected chi connectivity index (χ0v) is 17.0. The van der Waals surface area contributed by atoms with Crippen molar-refractivity contribution in [3.8, 4) is 11.5 Å². The summed E-state index contributed by atoms with van der Waals surface area (Å²) >= 11 is 0. The molecule has 2 aromatic carbocycles. The van der Waals surface area contributed by atoms with Gasteiger partial charge in [0.1, 0.15) is 0 Å². The maximum atomic E-state index is 12.8. The molecule has 0 amide bonds. The summed E-state index contributed by atoms with van der Waals surface area (Å²) in [5.41, 5.74) is 2.23. The number of pyridine rings is 1. The van der Waals surface area contributed by atoms with E-state index in [0.717, 1.165) is 5.56 Å². The highest BCUT2D eigenvalue weighted by Crippen LogP contribution is 2.37. The maximum Gasteiger partial charge on any atom is 0.387 e. The fraction of sp³-hybridized carbons (Fsp3) is 0.217. The van der Waals surface area contributed by atoms with Gasteiger partial charge in [0.25, 0.3) is 0 Å². The van der Waals surface area contributed by atoms with E-state index in [1.54, 1.807) is 62.6 Å². The molecule has 31 heavy (non-hydrogen) atoms. The first-order valence-electron chi connectivity index (χ1n) is 9.59. The van der Waals surface area contributed by atoms with Crippen LogP contribution in [0.5, 0.6) is 11.5 Å². The van der Waals surface area contributed by atoms with Gasteiger partial charge in [-0.15, -0.1) is 0 Å². The summed E-state index contributed by atoms with van der Waals surface area (Å²) in [6.07, 6.45) is 3.09. The second kappa shape index (κ2) is 9.88. The van der Waals surface area contributed by atoms with Crippen LogP contribution in [0, 0.1) is 0 Å². The van der Waals surface area contributed by atoms with Crippen molar-refractivity contribution in [1.82, 2.24) is 4.98 Å². The van der Waals surface area contributed by atoms with Crippen LogP contribution in [0.3, 0.4) is 0 Å². The highest BCUT2D eigenvalue weighted by atomic mass is 19.3. The highest BCUT2D eigenvalue weighted by molar-refractivity contribution is 5.89. The average molecular weight is 428 g/mol. The van der Waals surface area contributed by atoms with Crippen LogP contribution in [-0.4, -0.2) is 28.8 Å². The van der Waals surface area contributed by atoms with E-state index in [9.17, 15) is 18.7 Å². The zero-order chi connectivity index (χ0) is 22.4. The third-order valence-corrected chi connectivity index (χ3v) is 4.29. The zero-order valence-electron chi connectivity index (χ0n) is 17.0. The number of carboxylic acids is 1. The molecule has 162 valence electrons. The molecule has 1 heterocycles. The SMILES string of the molecule is CC(C)Oc1cc(N(Cc2cccnc2)c2cccc(C(=O)O)c2)ccc1OC(F)F. The molecule has 0 bridgehead atoms. The van der Waals surface area contributed by atoms with Gasteiger partial charge in [0.05, 0.1) is 11.7 Å². The topological polar surface area (TPSA) is 71.9 Å². The summed E-state index contributed by atoms with van der Waals surface area (Å²) in [4.78, 5) is 17.4. The Morgan fingerprint density at radius 3 is 2.45 bits per heavy atom. The lowest BCUT2D eigenvalue weighted by atomic mass is 10.1. The van der Waals surface area contributed by atoms with Crippen LogP contribution in [0.2, 0.25) is 0 Å². The number of hydrogen-bond acceptors (Lipinski definition) is 5.